The van der Waals surface area contributed by atoms with Gasteiger partial charge in [0, 0.05) is 12.5 Å². The SMILES string of the molecule is CC(=O)Oc1ccc2c(c1C)O[B-](F)(F)O/C2=C(/C)C(Cl)=[N+]1CCOCC1. The Hall–Kier alpha value is -2.13. The van der Waals surface area contributed by atoms with E-state index in [4.69, 9.17) is 30.4 Å². The minimum atomic E-state index is -4.60. The fourth-order valence-corrected chi connectivity index (χ4v) is 3.27. The van der Waals surface area contributed by atoms with Crippen LogP contribution < -0.4 is 9.39 Å². The van der Waals surface area contributed by atoms with Gasteiger partial charge in [-0.1, -0.05) is 0 Å². The van der Waals surface area contributed by atoms with Crippen molar-refractivity contribution in [2.75, 3.05) is 26.3 Å². The number of allylic oxidation sites excluding steroid dienone is 1. The number of carbonyl (C=O) groups is 1. The molecule has 146 valence electrons. The van der Waals surface area contributed by atoms with E-state index in [-0.39, 0.29) is 22.8 Å². The third kappa shape index (κ3) is 4.09. The number of benzene rings is 1. The number of fused-ring (bicyclic) bond motifs is 1. The molecule has 6 nitrogen and oxygen atoms in total. The average Bonchev–Trinajstić information content (AvgIpc) is 2.62. The molecular formula is C17H19BClF2NO5. The number of halogens is 3. The molecule has 2 heterocycles. The third-order valence-corrected chi connectivity index (χ3v) is 4.83. The van der Waals surface area contributed by atoms with Gasteiger partial charge in [-0.15, -0.1) is 0 Å². The van der Waals surface area contributed by atoms with Crippen LogP contribution in [0, 0.1) is 6.92 Å². The van der Waals surface area contributed by atoms with Gasteiger partial charge < -0.3 is 27.4 Å². The summed E-state index contributed by atoms with van der Waals surface area (Å²) in [6, 6.07) is 3.02. The first-order valence-electron chi connectivity index (χ1n) is 8.46. The van der Waals surface area contributed by atoms with Crippen molar-refractivity contribution in [1.82, 2.24) is 0 Å². The summed E-state index contributed by atoms with van der Waals surface area (Å²) < 4.78 is 50.1. The molecule has 1 fully saturated rings. The smallest absolute Gasteiger partial charge is 0.627 e. The van der Waals surface area contributed by atoms with E-state index < -0.39 is 13.1 Å². The Morgan fingerprint density at radius 3 is 2.52 bits per heavy atom. The molecule has 2 aliphatic rings. The second-order valence-electron chi connectivity index (χ2n) is 6.27. The van der Waals surface area contributed by atoms with Crippen LogP contribution in [-0.4, -0.2) is 49.1 Å². The highest BCUT2D eigenvalue weighted by Crippen LogP contribution is 2.44. The molecule has 0 atom stereocenters. The maximum absolute atomic E-state index is 14.2. The van der Waals surface area contributed by atoms with Gasteiger partial charge in [-0.05, 0) is 37.6 Å². The Bertz CT molecular complexity index is 848. The number of esters is 1. The van der Waals surface area contributed by atoms with E-state index in [0.29, 0.717) is 42.6 Å². The summed E-state index contributed by atoms with van der Waals surface area (Å²) in [5.41, 5.74) is 0.963. The topological polar surface area (TPSA) is 57.0 Å². The molecule has 0 aromatic heterocycles. The van der Waals surface area contributed by atoms with Crippen molar-refractivity contribution in [2.24, 2.45) is 0 Å². The summed E-state index contributed by atoms with van der Waals surface area (Å²) >= 11 is 6.44. The second-order valence-corrected chi connectivity index (χ2v) is 6.63. The zero-order valence-corrected chi connectivity index (χ0v) is 15.9. The Balaban J connectivity index is 2.13. The van der Waals surface area contributed by atoms with Crippen LogP contribution in [0.3, 0.4) is 0 Å². The van der Waals surface area contributed by atoms with E-state index in [0.717, 1.165) is 0 Å². The van der Waals surface area contributed by atoms with Crippen molar-refractivity contribution >= 4 is 35.6 Å². The number of morpholine rings is 1. The molecule has 0 amide bonds. The summed E-state index contributed by atoms with van der Waals surface area (Å²) in [7, 11) is -4.60. The maximum atomic E-state index is 14.2. The molecule has 0 unspecified atom stereocenters. The number of nitrogens with zero attached hydrogens (tertiary/aromatic N) is 1. The third-order valence-electron chi connectivity index (χ3n) is 4.30. The molecule has 1 saturated heterocycles. The fourth-order valence-electron chi connectivity index (χ4n) is 3.01. The van der Waals surface area contributed by atoms with Crippen LogP contribution in [0.15, 0.2) is 17.7 Å². The van der Waals surface area contributed by atoms with Crippen LogP contribution in [0.4, 0.5) is 8.63 Å². The summed E-state index contributed by atoms with van der Waals surface area (Å²) in [5, 5.41) is 0.314. The normalized spacial score (nSPS) is 20.1. The highest BCUT2D eigenvalue weighted by molar-refractivity contribution is 6.68. The molecule has 0 N–H and O–H groups in total. The minimum Gasteiger partial charge on any atom is -0.627 e. The molecule has 3 rings (SSSR count). The largest absolute Gasteiger partial charge is 0.725 e. The van der Waals surface area contributed by atoms with Gasteiger partial charge in [-0.2, -0.15) is 0 Å². The van der Waals surface area contributed by atoms with Gasteiger partial charge in [0.2, 0.25) is 0 Å². The van der Waals surface area contributed by atoms with Crippen LogP contribution in [0.25, 0.3) is 5.76 Å². The van der Waals surface area contributed by atoms with Crippen molar-refractivity contribution in [1.29, 1.82) is 0 Å². The van der Waals surface area contributed by atoms with Gasteiger partial charge in [0.15, 0.2) is 13.1 Å². The fraction of sp³-hybridized carbons (Fsp3) is 0.412. The molecule has 0 spiro atoms. The number of ether oxygens (including phenoxy) is 2. The van der Waals surface area contributed by atoms with Crippen molar-refractivity contribution in [3.05, 3.63) is 28.8 Å². The average molecular weight is 402 g/mol. The van der Waals surface area contributed by atoms with Crippen LogP contribution in [0.1, 0.15) is 25.0 Å². The molecule has 1 aromatic rings. The van der Waals surface area contributed by atoms with E-state index in [1.807, 2.05) is 4.58 Å². The Labute approximate surface area is 160 Å². The standard InChI is InChI=1S/C17H19BClF2NO5/c1-10-14(25-12(3)23)5-4-13-15(10)26-18(20,21)27-16(13)11(2)17(19)22-6-8-24-9-7-22/h4-5H,6-9H2,1-3H3/b16-11-. The minimum absolute atomic E-state index is 0.0600. The first kappa shape index (κ1) is 19.6. The van der Waals surface area contributed by atoms with Gasteiger partial charge in [0.25, 0.3) is 5.17 Å². The lowest BCUT2D eigenvalue weighted by Crippen LogP contribution is -2.40. The van der Waals surface area contributed by atoms with E-state index in [1.165, 1.54) is 26.0 Å². The number of rotatable bonds is 2. The highest BCUT2D eigenvalue weighted by Gasteiger charge is 2.42. The lowest BCUT2D eigenvalue weighted by molar-refractivity contribution is -0.546. The van der Waals surface area contributed by atoms with Gasteiger partial charge in [-0.25, -0.2) is 4.58 Å². The molecule has 0 aliphatic carbocycles. The Kier molecular flexibility index (Phi) is 5.44. The summed E-state index contributed by atoms with van der Waals surface area (Å²) in [6.45, 7) is 6.50. The van der Waals surface area contributed by atoms with Gasteiger partial charge >= 0.3 is 13.1 Å². The summed E-state index contributed by atoms with van der Waals surface area (Å²) in [4.78, 5) is 11.2. The monoisotopic (exact) mass is 401 g/mol. The van der Waals surface area contributed by atoms with Gasteiger partial charge in [0.1, 0.15) is 19.0 Å². The van der Waals surface area contributed by atoms with Gasteiger partial charge in [0.05, 0.1) is 22.6 Å². The van der Waals surface area contributed by atoms with Crippen molar-refractivity contribution < 1.29 is 36.8 Å². The molecule has 1 aromatic carbocycles. The summed E-state index contributed by atoms with van der Waals surface area (Å²) in [6.07, 6.45) is 0. The van der Waals surface area contributed by atoms with Crippen molar-refractivity contribution in [3.63, 3.8) is 0 Å². The molecule has 0 radical (unpaired) electrons. The first-order chi connectivity index (χ1) is 12.7. The van der Waals surface area contributed by atoms with E-state index in [2.05, 4.69) is 0 Å². The predicted molar refractivity (Wildman–Crippen MR) is 96.4 cm³/mol. The van der Waals surface area contributed by atoms with Crippen LogP contribution in [-0.2, 0) is 14.2 Å². The lowest BCUT2D eigenvalue weighted by atomic mass is 9.98. The van der Waals surface area contributed by atoms with Crippen LogP contribution >= 0.6 is 11.6 Å². The van der Waals surface area contributed by atoms with E-state index in [9.17, 15) is 13.4 Å². The van der Waals surface area contributed by atoms with Crippen LogP contribution in [0.5, 0.6) is 11.5 Å². The second kappa shape index (κ2) is 7.48. The molecular weight excluding hydrogens is 382 g/mol. The van der Waals surface area contributed by atoms with E-state index in [1.54, 1.807) is 6.92 Å². The zero-order valence-electron chi connectivity index (χ0n) is 15.2. The van der Waals surface area contributed by atoms with E-state index >= 15 is 0 Å². The summed E-state index contributed by atoms with van der Waals surface area (Å²) in [5.74, 6) is -0.561. The van der Waals surface area contributed by atoms with Crippen molar-refractivity contribution in [3.8, 4) is 11.5 Å². The van der Waals surface area contributed by atoms with Crippen LogP contribution in [0.2, 0.25) is 0 Å². The zero-order chi connectivity index (χ0) is 19.8. The first-order valence-corrected chi connectivity index (χ1v) is 8.84. The molecule has 2 aliphatic heterocycles. The number of carbonyl (C=O) groups excluding carboxylic acids is 1. The van der Waals surface area contributed by atoms with Crippen molar-refractivity contribution in [2.45, 2.75) is 20.8 Å². The maximum Gasteiger partial charge on any atom is 0.725 e. The lowest BCUT2D eigenvalue weighted by Gasteiger charge is -2.37. The Morgan fingerprint density at radius 1 is 1.22 bits per heavy atom. The Morgan fingerprint density at radius 2 is 1.89 bits per heavy atom. The molecule has 27 heavy (non-hydrogen) atoms. The predicted octanol–water partition coefficient (Wildman–Crippen LogP) is 3.11. The molecule has 0 saturated carbocycles. The highest BCUT2D eigenvalue weighted by atomic mass is 35.5. The number of hydrogen-bond donors (Lipinski definition) is 0. The number of hydrogen-bond acceptors (Lipinski definition) is 5. The molecule has 0 bridgehead atoms. The molecule has 10 heteroatoms. The quantitative estimate of drug-likeness (QED) is 0.330. The van der Waals surface area contributed by atoms with Gasteiger partial charge in [-0.3, -0.25) is 4.79 Å².